The Morgan fingerprint density at radius 3 is 2.67 bits per heavy atom. The molecule has 1 unspecified atom stereocenters. The summed E-state index contributed by atoms with van der Waals surface area (Å²) in [6.07, 6.45) is 1.46. The first-order chi connectivity index (χ1) is 11.2. The first-order valence-electron chi connectivity index (χ1n) is 8.30. The van der Waals surface area contributed by atoms with Gasteiger partial charge in [-0.3, -0.25) is 9.59 Å². The number of piperidine rings is 1. The van der Waals surface area contributed by atoms with Crippen molar-refractivity contribution in [3.05, 3.63) is 12.2 Å². The number of methoxy groups -OCH3 is 1. The Morgan fingerprint density at radius 1 is 1.46 bits per heavy atom. The Kier molecular flexibility index (Phi) is 7.86. The molecular weight excluding hydrogens is 312 g/mol. The van der Waals surface area contributed by atoms with E-state index in [0.29, 0.717) is 13.0 Å². The van der Waals surface area contributed by atoms with E-state index in [2.05, 4.69) is 10.6 Å². The van der Waals surface area contributed by atoms with Crippen LogP contribution in [0, 0.1) is 5.41 Å². The summed E-state index contributed by atoms with van der Waals surface area (Å²) in [7, 11) is 1.28. The van der Waals surface area contributed by atoms with Crippen molar-refractivity contribution in [2.45, 2.75) is 64.4 Å². The zero-order chi connectivity index (χ0) is 18.3. The molecule has 0 spiro atoms. The number of ether oxygens (including phenoxy) is 1. The maximum atomic E-state index is 12.3. The van der Waals surface area contributed by atoms with Crippen molar-refractivity contribution in [2.24, 2.45) is 5.41 Å². The van der Waals surface area contributed by atoms with Crippen LogP contribution in [0.25, 0.3) is 0 Å². The molecule has 1 aliphatic heterocycles. The van der Waals surface area contributed by atoms with Gasteiger partial charge in [-0.15, -0.1) is 0 Å². The lowest BCUT2D eigenvalue weighted by molar-refractivity contribution is -0.146. The Morgan fingerprint density at radius 2 is 2.12 bits per heavy atom. The Bertz CT molecular complexity index is 458. The van der Waals surface area contributed by atoms with Crippen LogP contribution < -0.4 is 10.6 Å². The molecule has 7 heteroatoms. The molecule has 0 aromatic carbocycles. The quantitative estimate of drug-likeness (QED) is 0.491. The van der Waals surface area contributed by atoms with Crippen LogP contribution in [0.15, 0.2) is 12.2 Å². The fourth-order valence-corrected chi connectivity index (χ4v) is 2.47. The van der Waals surface area contributed by atoms with E-state index < -0.39 is 30.3 Å². The number of aliphatic hydroxyl groups is 2. The number of carbonyl (C=O) groups excluding carboxylic acids is 2. The van der Waals surface area contributed by atoms with Gasteiger partial charge in [0.05, 0.1) is 6.10 Å². The number of aliphatic hydroxyl groups excluding tert-OH is 2. The number of carbonyl (C=O) groups is 2. The first kappa shape index (κ1) is 20.6. The second kappa shape index (κ2) is 9.15. The normalized spacial score (nSPS) is 22.8. The van der Waals surface area contributed by atoms with Gasteiger partial charge in [0.25, 0.3) is 5.91 Å². The lowest BCUT2D eigenvalue weighted by Crippen LogP contribution is -2.56. The molecule has 0 radical (unpaired) electrons. The van der Waals surface area contributed by atoms with Gasteiger partial charge in [-0.05, 0) is 24.7 Å². The number of hydrogen-bond acceptors (Lipinski definition) is 5. The van der Waals surface area contributed by atoms with Crippen LogP contribution in [0.1, 0.15) is 40.0 Å². The third kappa shape index (κ3) is 6.59. The van der Waals surface area contributed by atoms with Crippen molar-refractivity contribution in [3.8, 4) is 0 Å². The van der Waals surface area contributed by atoms with Gasteiger partial charge in [0, 0.05) is 13.7 Å². The molecule has 1 fully saturated rings. The van der Waals surface area contributed by atoms with Crippen LogP contribution in [0.4, 0.5) is 0 Å². The summed E-state index contributed by atoms with van der Waals surface area (Å²) in [6.45, 7) is 6.66. The van der Waals surface area contributed by atoms with Gasteiger partial charge in [0.15, 0.2) is 6.10 Å². The third-order valence-electron chi connectivity index (χ3n) is 3.81. The molecule has 2 amide bonds. The second-order valence-electron chi connectivity index (χ2n) is 7.21. The topological polar surface area (TPSA) is 108 Å². The standard InChI is InChI=1S/C17H30N2O5/c1-17(2,3)9-5-8-12(20)13(21)14(24-4)16(23)19-11-7-6-10-18-15(11)22/h5,9,11-14,20-21H,6-8,10H2,1-4H3,(H,18,22)(H,19,23)/b9-5+/t11?,12-,13+,14+/m0/s1. The summed E-state index contributed by atoms with van der Waals surface area (Å²) < 4.78 is 5.04. The van der Waals surface area contributed by atoms with E-state index in [1.165, 1.54) is 7.11 Å². The van der Waals surface area contributed by atoms with Gasteiger partial charge in [-0.25, -0.2) is 0 Å². The van der Waals surface area contributed by atoms with Crippen molar-refractivity contribution in [3.63, 3.8) is 0 Å². The predicted molar refractivity (Wildman–Crippen MR) is 90.2 cm³/mol. The van der Waals surface area contributed by atoms with E-state index in [4.69, 9.17) is 4.74 Å². The number of rotatable bonds is 7. The van der Waals surface area contributed by atoms with Crippen LogP contribution in [-0.4, -0.2) is 60.0 Å². The summed E-state index contributed by atoms with van der Waals surface area (Å²) in [5.41, 5.74) is -0.0307. The van der Waals surface area contributed by atoms with Gasteiger partial charge in [-0.2, -0.15) is 0 Å². The monoisotopic (exact) mass is 342 g/mol. The molecule has 138 valence electrons. The third-order valence-corrected chi connectivity index (χ3v) is 3.81. The fourth-order valence-electron chi connectivity index (χ4n) is 2.47. The molecule has 0 saturated carbocycles. The van der Waals surface area contributed by atoms with Crippen molar-refractivity contribution >= 4 is 11.8 Å². The van der Waals surface area contributed by atoms with Crippen LogP contribution in [0.3, 0.4) is 0 Å². The van der Waals surface area contributed by atoms with Gasteiger partial charge < -0.3 is 25.6 Å². The van der Waals surface area contributed by atoms with E-state index in [0.717, 1.165) is 6.42 Å². The molecule has 0 aromatic rings. The molecular formula is C17H30N2O5. The molecule has 0 bridgehead atoms. The van der Waals surface area contributed by atoms with E-state index in [9.17, 15) is 19.8 Å². The van der Waals surface area contributed by atoms with Crippen LogP contribution in [0.5, 0.6) is 0 Å². The Balaban J connectivity index is 2.60. The molecule has 7 nitrogen and oxygen atoms in total. The molecule has 1 rings (SSSR count). The maximum Gasteiger partial charge on any atom is 0.252 e. The zero-order valence-electron chi connectivity index (χ0n) is 14.9. The summed E-state index contributed by atoms with van der Waals surface area (Å²) in [4.78, 5) is 24.0. The van der Waals surface area contributed by atoms with Gasteiger partial charge in [0.2, 0.25) is 5.91 Å². The largest absolute Gasteiger partial charge is 0.390 e. The summed E-state index contributed by atoms with van der Waals surface area (Å²) in [5, 5.41) is 25.5. The van der Waals surface area contributed by atoms with Gasteiger partial charge >= 0.3 is 0 Å². The van der Waals surface area contributed by atoms with Crippen molar-refractivity contribution in [1.29, 1.82) is 0 Å². The molecule has 1 saturated heterocycles. The van der Waals surface area contributed by atoms with E-state index in [-0.39, 0.29) is 17.7 Å². The first-order valence-corrected chi connectivity index (χ1v) is 8.30. The second-order valence-corrected chi connectivity index (χ2v) is 7.21. The van der Waals surface area contributed by atoms with E-state index in [1.807, 2.05) is 26.8 Å². The number of amides is 2. The fraction of sp³-hybridized carbons (Fsp3) is 0.765. The molecule has 4 atom stereocenters. The Labute approximate surface area is 143 Å². The number of nitrogens with one attached hydrogen (secondary N) is 2. The Hall–Kier alpha value is -1.44. The number of hydrogen-bond donors (Lipinski definition) is 4. The molecule has 4 N–H and O–H groups in total. The lowest BCUT2D eigenvalue weighted by Gasteiger charge is -2.28. The lowest BCUT2D eigenvalue weighted by atomic mass is 9.95. The minimum absolute atomic E-state index is 0.0307. The smallest absolute Gasteiger partial charge is 0.252 e. The predicted octanol–water partition coefficient (Wildman–Crippen LogP) is 0.110. The van der Waals surface area contributed by atoms with Crippen molar-refractivity contribution < 1.29 is 24.5 Å². The average molecular weight is 342 g/mol. The van der Waals surface area contributed by atoms with Gasteiger partial charge in [-0.1, -0.05) is 32.9 Å². The zero-order valence-corrected chi connectivity index (χ0v) is 14.9. The summed E-state index contributed by atoms with van der Waals surface area (Å²) in [5.74, 6) is -0.849. The highest BCUT2D eigenvalue weighted by Gasteiger charge is 2.34. The highest BCUT2D eigenvalue weighted by Crippen LogP contribution is 2.16. The van der Waals surface area contributed by atoms with Crippen molar-refractivity contribution in [2.75, 3.05) is 13.7 Å². The summed E-state index contributed by atoms with van der Waals surface area (Å²) in [6, 6.07) is -0.631. The molecule has 1 aliphatic rings. The minimum Gasteiger partial charge on any atom is -0.390 e. The molecule has 1 heterocycles. The number of allylic oxidation sites excluding steroid dienone is 1. The van der Waals surface area contributed by atoms with Gasteiger partial charge in [0.1, 0.15) is 12.1 Å². The van der Waals surface area contributed by atoms with Crippen molar-refractivity contribution in [1.82, 2.24) is 10.6 Å². The van der Waals surface area contributed by atoms with E-state index in [1.54, 1.807) is 6.08 Å². The molecule has 0 aromatic heterocycles. The van der Waals surface area contributed by atoms with Crippen LogP contribution >= 0.6 is 0 Å². The highest BCUT2D eigenvalue weighted by molar-refractivity contribution is 5.90. The highest BCUT2D eigenvalue weighted by atomic mass is 16.5. The molecule has 24 heavy (non-hydrogen) atoms. The van der Waals surface area contributed by atoms with E-state index >= 15 is 0 Å². The van der Waals surface area contributed by atoms with Crippen LogP contribution in [-0.2, 0) is 14.3 Å². The SMILES string of the molecule is CO[C@@H](C(=O)NC1CCCNC1=O)[C@H](O)[C@@H](O)C/C=C/C(C)(C)C. The molecule has 0 aliphatic carbocycles. The minimum atomic E-state index is -1.38. The van der Waals surface area contributed by atoms with Crippen LogP contribution in [0.2, 0.25) is 0 Å². The summed E-state index contributed by atoms with van der Waals surface area (Å²) >= 11 is 0. The maximum absolute atomic E-state index is 12.3. The average Bonchev–Trinajstić information content (AvgIpc) is 2.48.